The highest BCUT2D eigenvalue weighted by atomic mass is 16.3. The number of aliphatic hydroxyl groups is 1. The zero-order chi connectivity index (χ0) is 10.6. The van der Waals surface area contributed by atoms with Crippen molar-refractivity contribution in [1.29, 1.82) is 0 Å². The van der Waals surface area contributed by atoms with E-state index >= 15 is 0 Å². The zero-order valence-electron chi connectivity index (χ0n) is 9.42. The first kappa shape index (κ1) is 12.0. The Morgan fingerprint density at radius 1 is 1.64 bits per heavy atom. The number of rotatable bonds is 5. The van der Waals surface area contributed by atoms with Gasteiger partial charge in [-0.05, 0) is 32.1 Å². The van der Waals surface area contributed by atoms with Crippen LogP contribution in [0.3, 0.4) is 0 Å². The summed E-state index contributed by atoms with van der Waals surface area (Å²) in [4.78, 5) is 0. The van der Waals surface area contributed by atoms with Crippen molar-refractivity contribution in [2.75, 3.05) is 13.2 Å². The third kappa shape index (κ3) is 2.47. The van der Waals surface area contributed by atoms with Crippen LogP contribution in [0.2, 0.25) is 0 Å². The van der Waals surface area contributed by atoms with Crippen LogP contribution in [0.5, 0.6) is 0 Å². The molecule has 1 aliphatic rings. The Bertz CT molecular complexity index is 175. The SMILES string of the molecule is CC(CCO)NC1(CN)CCCC1C. The van der Waals surface area contributed by atoms with Gasteiger partial charge in [-0.15, -0.1) is 0 Å². The van der Waals surface area contributed by atoms with E-state index in [1.165, 1.54) is 19.3 Å². The summed E-state index contributed by atoms with van der Waals surface area (Å²) in [5, 5.41) is 12.5. The Morgan fingerprint density at radius 2 is 2.36 bits per heavy atom. The van der Waals surface area contributed by atoms with Crippen molar-refractivity contribution in [3.8, 4) is 0 Å². The summed E-state index contributed by atoms with van der Waals surface area (Å²) in [5.41, 5.74) is 6.01. The molecule has 3 atom stereocenters. The fraction of sp³-hybridized carbons (Fsp3) is 1.00. The number of aliphatic hydroxyl groups excluding tert-OH is 1. The summed E-state index contributed by atoms with van der Waals surface area (Å²) < 4.78 is 0. The van der Waals surface area contributed by atoms with Gasteiger partial charge in [-0.1, -0.05) is 13.3 Å². The van der Waals surface area contributed by atoms with Crippen LogP contribution in [-0.4, -0.2) is 29.8 Å². The van der Waals surface area contributed by atoms with Crippen LogP contribution in [-0.2, 0) is 0 Å². The van der Waals surface area contributed by atoms with Gasteiger partial charge in [0.25, 0.3) is 0 Å². The van der Waals surface area contributed by atoms with Crippen molar-refractivity contribution >= 4 is 0 Å². The Morgan fingerprint density at radius 3 is 2.79 bits per heavy atom. The molecule has 1 saturated carbocycles. The first-order chi connectivity index (χ1) is 6.64. The maximum Gasteiger partial charge on any atom is 0.0445 e. The number of nitrogens with one attached hydrogen (secondary N) is 1. The zero-order valence-corrected chi connectivity index (χ0v) is 9.42. The summed E-state index contributed by atoms with van der Waals surface area (Å²) in [6.45, 7) is 5.37. The van der Waals surface area contributed by atoms with Gasteiger partial charge < -0.3 is 16.2 Å². The molecule has 0 aromatic heterocycles. The Labute approximate surface area is 87.1 Å². The smallest absolute Gasteiger partial charge is 0.0445 e. The Kier molecular flexibility index (Phi) is 4.35. The van der Waals surface area contributed by atoms with E-state index in [0.29, 0.717) is 18.5 Å². The molecular weight excluding hydrogens is 176 g/mol. The molecule has 3 nitrogen and oxygen atoms in total. The lowest BCUT2D eigenvalue weighted by Crippen LogP contribution is -2.56. The van der Waals surface area contributed by atoms with Gasteiger partial charge in [0.2, 0.25) is 0 Å². The van der Waals surface area contributed by atoms with E-state index in [-0.39, 0.29) is 12.1 Å². The molecule has 0 bridgehead atoms. The van der Waals surface area contributed by atoms with Crippen molar-refractivity contribution in [2.45, 2.75) is 51.1 Å². The molecule has 84 valence electrons. The van der Waals surface area contributed by atoms with Crippen molar-refractivity contribution in [1.82, 2.24) is 5.32 Å². The van der Waals surface area contributed by atoms with Gasteiger partial charge in [0.1, 0.15) is 0 Å². The number of hydrogen-bond acceptors (Lipinski definition) is 3. The minimum atomic E-state index is 0.134. The van der Waals surface area contributed by atoms with Crippen LogP contribution >= 0.6 is 0 Å². The second kappa shape index (κ2) is 5.10. The first-order valence-electron chi connectivity index (χ1n) is 5.73. The maximum absolute atomic E-state index is 8.86. The molecule has 0 heterocycles. The molecule has 0 aliphatic heterocycles. The lowest BCUT2D eigenvalue weighted by Gasteiger charge is -2.36. The molecule has 3 unspecified atom stereocenters. The molecule has 0 aromatic rings. The molecule has 4 N–H and O–H groups in total. The molecule has 1 aliphatic carbocycles. The average Bonchev–Trinajstić information content (AvgIpc) is 2.49. The summed E-state index contributed by atoms with van der Waals surface area (Å²) in [6.07, 6.45) is 4.54. The van der Waals surface area contributed by atoms with Gasteiger partial charge in [-0.25, -0.2) is 0 Å². The molecule has 14 heavy (non-hydrogen) atoms. The molecule has 0 radical (unpaired) electrons. The minimum absolute atomic E-state index is 0.134. The molecule has 3 heteroatoms. The van der Waals surface area contributed by atoms with Crippen LogP contribution in [0.4, 0.5) is 0 Å². The summed E-state index contributed by atoms with van der Waals surface area (Å²) in [6, 6.07) is 0.365. The van der Waals surface area contributed by atoms with Crippen LogP contribution in [0.25, 0.3) is 0 Å². The van der Waals surface area contributed by atoms with E-state index in [0.717, 1.165) is 6.42 Å². The average molecular weight is 200 g/mol. The topological polar surface area (TPSA) is 58.3 Å². The summed E-state index contributed by atoms with van der Waals surface area (Å²) in [7, 11) is 0. The molecule has 0 amide bonds. The fourth-order valence-electron chi connectivity index (χ4n) is 2.58. The van der Waals surface area contributed by atoms with Crippen LogP contribution in [0.1, 0.15) is 39.5 Å². The van der Waals surface area contributed by atoms with Crippen molar-refractivity contribution in [2.24, 2.45) is 11.7 Å². The highest BCUT2D eigenvalue weighted by molar-refractivity contribution is 4.99. The predicted molar refractivity (Wildman–Crippen MR) is 59.1 cm³/mol. The molecule has 0 saturated heterocycles. The van der Waals surface area contributed by atoms with E-state index in [1.54, 1.807) is 0 Å². The monoisotopic (exact) mass is 200 g/mol. The van der Waals surface area contributed by atoms with E-state index in [9.17, 15) is 0 Å². The van der Waals surface area contributed by atoms with Gasteiger partial charge in [0.15, 0.2) is 0 Å². The third-order valence-corrected chi connectivity index (χ3v) is 3.66. The van der Waals surface area contributed by atoms with Gasteiger partial charge in [-0.3, -0.25) is 0 Å². The highest BCUT2D eigenvalue weighted by Crippen LogP contribution is 2.35. The van der Waals surface area contributed by atoms with Gasteiger partial charge in [0.05, 0.1) is 0 Å². The molecule has 0 spiro atoms. The van der Waals surface area contributed by atoms with E-state index in [1.807, 2.05) is 0 Å². The van der Waals surface area contributed by atoms with E-state index in [4.69, 9.17) is 10.8 Å². The quantitative estimate of drug-likeness (QED) is 0.617. The van der Waals surface area contributed by atoms with Crippen LogP contribution < -0.4 is 11.1 Å². The molecular formula is C11H24N2O. The van der Waals surface area contributed by atoms with Crippen molar-refractivity contribution in [3.63, 3.8) is 0 Å². The maximum atomic E-state index is 8.86. The summed E-state index contributed by atoms with van der Waals surface area (Å²) in [5.74, 6) is 0.661. The standard InChI is InChI=1S/C11H24N2O/c1-9-4-3-6-11(9,8-12)13-10(2)5-7-14/h9-10,13-14H,3-8,12H2,1-2H3. The largest absolute Gasteiger partial charge is 0.396 e. The van der Waals surface area contributed by atoms with Gasteiger partial charge in [-0.2, -0.15) is 0 Å². The predicted octanol–water partition coefficient (Wildman–Crippen LogP) is 0.864. The normalized spacial score (nSPS) is 34.7. The molecule has 0 aromatic carbocycles. The van der Waals surface area contributed by atoms with E-state index < -0.39 is 0 Å². The van der Waals surface area contributed by atoms with E-state index in [2.05, 4.69) is 19.2 Å². The fourth-order valence-corrected chi connectivity index (χ4v) is 2.58. The Balaban J connectivity index is 2.52. The van der Waals surface area contributed by atoms with Crippen molar-refractivity contribution < 1.29 is 5.11 Å². The van der Waals surface area contributed by atoms with Crippen molar-refractivity contribution in [3.05, 3.63) is 0 Å². The Hall–Kier alpha value is -0.120. The van der Waals surface area contributed by atoms with Crippen LogP contribution in [0.15, 0.2) is 0 Å². The number of nitrogens with two attached hydrogens (primary N) is 1. The number of hydrogen-bond donors (Lipinski definition) is 3. The molecule has 1 rings (SSSR count). The van der Waals surface area contributed by atoms with Crippen LogP contribution in [0, 0.1) is 5.92 Å². The van der Waals surface area contributed by atoms with Gasteiger partial charge in [0, 0.05) is 24.7 Å². The third-order valence-electron chi connectivity index (χ3n) is 3.66. The minimum Gasteiger partial charge on any atom is -0.396 e. The first-order valence-corrected chi connectivity index (χ1v) is 5.73. The molecule has 1 fully saturated rings. The van der Waals surface area contributed by atoms with Gasteiger partial charge >= 0.3 is 0 Å². The lowest BCUT2D eigenvalue weighted by atomic mass is 9.87. The second-order valence-corrected chi connectivity index (χ2v) is 4.71. The highest BCUT2D eigenvalue weighted by Gasteiger charge is 2.39. The lowest BCUT2D eigenvalue weighted by molar-refractivity contribution is 0.209. The second-order valence-electron chi connectivity index (χ2n) is 4.71. The summed E-state index contributed by atoms with van der Waals surface area (Å²) >= 11 is 0.